The molecule has 0 aromatic heterocycles. The molecule has 0 spiro atoms. The number of carbonyl (C=O) groups is 3. The van der Waals surface area contributed by atoms with Gasteiger partial charge in [0.15, 0.2) is 5.78 Å². The third-order valence-electron chi connectivity index (χ3n) is 8.24. The number of ketones is 1. The van der Waals surface area contributed by atoms with E-state index in [9.17, 15) is 14.4 Å². The molecule has 2 amide bonds. The number of carbonyl (C=O) groups excluding carboxylic acids is 3. The van der Waals surface area contributed by atoms with Gasteiger partial charge in [-0.05, 0) is 43.7 Å². The van der Waals surface area contributed by atoms with E-state index in [1.807, 2.05) is 24.3 Å². The van der Waals surface area contributed by atoms with Gasteiger partial charge in [0.25, 0.3) is 5.91 Å². The van der Waals surface area contributed by atoms with E-state index in [1.54, 1.807) is 12.0 Å². The number of amides is 2. The third kappa shape index (κ3) is 4.45. The summed E-state index contributed by atoms with van der Waals surface area (Å²) in [5, 5.41) is 3.08. The lowest BCUT2D eigenvalue weighted by Crippen LogP contribution is -2.60. The molecule has 0 unspecified atom stereocenters. The number of benzene rings is 1. The number of fused-ring (bicyclic) bond motifs is 1. The second-order valence-electron chi connectivity index (χ2n) is 10.1. The number of nitrogens with zero attached hydrogens (tertiary/aromatic N) is 3. The zero-order valence-corrected chi connectivity index (χ0v) is 20.7. The molecule has 1 aromatic carbocycles. The highest BCUT2D eigenvalue weighted by molar-refractivity contribution is 6.01. The fraction of sp³-hybridized carbons (Fsp3) is 0.654. The number of hydrogen-bond donors (Lipinski definition) is 1. The number of ether oxygens (including phenoxy) is 2. The van der Waals surface area contributed by atoms with Gasteiger partial charge in [0.1, 0.15) is 30.4 Å². The van der Waals surface area contributed by atoms with Gasteiger partial charge in [-0.3, -0.25) is 14.4 Å². The second kappa shape index (κ2) is 9.87. The molecule has 3 saturated heterocycles. The van der Waals surface area contributed by atoms with Crippen molar-refractivity contribution in [2.75, 3.05) is 57.9 Å². The SMILES string of the molecule is CCN1CCN(c2ccc(C(=O)NC3(C(=O)N4C[C@H](OC)[C@H]5OCC(=O)[C@H]54)CCCC3)cc2)CC1. The maximum Gasteiger partial charge on any atom is 0.252 e. The number of Topliss-reactive ketones (excluding diaryl/α,β-unsaturated/α-hetero) is 1. The van der Waals surface area contributed by atoms with E-state index in [0.717, 1.165) is 51.3 Å². The minimum atomic E-state index is -0.998. The van der Waals surface area contributed by atoms with Crippen molar-refractivity contribution in [1.82, 2.24) is 15.1 Å². The average molecular weight is 485 g/mol. The predicted octanol–water partition coefficient (Wildman–Crippen LogP) is 1.06. The number of nitrogens with one attached hydrogen (secondary N) is 1. The topological polar surface area (TPSA) is 91.4 Å². The molecule has 0 bridgehead atoms. The number of rotatable bonds is 6. The van der Waals surface area contributed by atoms with Crippen LogP contribution >= 0.6 is 0 Å². The molecule has 35 heavy (non-hydrogen) atoms. The Bertz CT molecular complexity index is 953. The quantitative estimate of drug-likeness (QED) is 0.646. The molecular weight excluding hydrogens is 448 g/mol. The summed E-state index contributed by atoms with van der Waals surface area (Å²) in [4.78, 5) is 46.0. The van der Waals surface area contributed by atoms with Crippen molar-refractivity contribution in [3.8, 4) is 0 Å². The Hall–Kier alpha value is -2.49. The zero-order valence-electron chi connectivity index (χ0n) is 20.7. The van der Waals surface area contributed by atoms with Gasteiger partial charge in [-0.2, -0.15) is 0 Å². The Kier molecular flexibility index (Phi) is 6.83. The normalized spacial score (nSPS) is 28.4. The minimum absolute atomic E-state index is 0.00181. The van der Waals surface area contributed by atoms with Crippen LogP contribution in [0.1, 0.15) is 43.0 Å². The second-order valence-corrected chi connectivity index (χ2v) is 10.1. The first kappa shape index (κ1) is 24.2. The Morgan fingerprint density at radius 2 is 1.80 bits per heavy atom. The number of hydrogen-bond acceptors (Lipinski definition) is 7. The molecule has 0 radical (unpaired) electrons. The molecule has 1 N–H and O–H groups in total. The van der Waals surface area contributed by atoms with Gasteiger partial charge in [-0.1, -0.05) is 19.8 Å². The molecular formula is C26H36N4O5. The molecule has 9 heteroatoms. The van der Waals surface area contributed by atoms with E-state index in [-0.39, 0.29) is 30.3 Å². The average Bonchev–Trinajstić information content (AvgIpc) is 3.61. The fourth-order valence-corrected chi connectivity index (χ4v) is 6.11. The molecule has 1 aliphatic carbocycles. The summed E-state index contributed by atoms with van der Waals surface area (Å²) in [7, 11) is 1.57. The van der Waals surface area contributed by atoms with Crippen LogP contribution in [0.15, 0.2) is 24.3 Å². The summed E-state index contributed by atoms with van der Waals surface area (Å²) in [5.74, 6) is -0.546. The molecule has 3 aliphatic heterocycles. The highest BCUT2D eigenvalue weighted by atomic mass is 16.5. The van der Waals surface area contributed by atoms with Gasteiger partial charge in [-0.25, -0.2) is 0 Å². The van der Waals surface area contributed by atoms with Crippen molar-refractivity contribution in [2.45, 2.75) is 56.4 Å². The number of likely N-dealkylation sites (N-methyl/N-ethyl adjacent to an activating group) is 1. The van der Waals surface area contributed by atoms with Crippen molar-refractivity contribution in [1.29, 1.82) is 0 Å². The van der Waals surface area contributed by atoms with Crippen LogP contribution in [0, 0.1) is 0 Å². The van der Waals surface area contributed by atoms with E-state index < -0.39 is 17.7 Å². The van der Waals surface area contributed by atoms with Crippen LogP contribution in [0.3, 0.4) is 0 Å². The van der Waals surface area contributed by atoms with E-state index in [0.29, 0.717) is 24.9 Å². The number of methoxy groups -OCH3 is 1. The fourth-order valence-electron chi connectivity index (χ4n) is 6.11. The Morgan fingerprint density at radius 3 is 2.43 bits per heavy atom. The number of anilines is 1. The van der Waals surface area contributed by atoms with Crippen LogP contribution in [-0.2, 0) is 19.1 Å². The highest BCUT2D eigenvalue weighted by Crippen LogP contribution is 2.37. The molecule has 4 fully saturated rings. The smallest absolute Gasteiger partial charge is 0.252 e. The molecule has 9 nitrogen and oxygen atoms in total. The van der Waals surface area contributed by atoms with Crippen LogP contribution < -0.4 is 10.2 Å². The van der Waals surface area contributed by atoms with E-state index >= 15 is 0 Å². The minimum Gasteiger partial charge on any atom is -0.377 e. The van der Waals surface area contributed by atoms with Crippen LogP contribution in [-0.4, -0.2) is 104 Å². The summed E-state index contributed by atoms with van der Waals surface area (Å²) in [6, 6.07) is 7.02. The van der Waals surface area contributed by atoms with Gasteiger partial charge in [0.2, 0.25) is 5.91 Å². The Morgan fingerprint density at radius 1 is 1.11 bits per heavy atom. The van der Waals surface area contributed by atoms with Crippen LogP contribution in [0.4, 0.5) is 5.69 Å². The lowest BCUT2D eigenvalue weighted by molar-refractivity contribution is -0.142. The maximum atomic E-state index is 13.8. The molecule has 5 rings (SSSR count). The predicted molar refractivity (Wildman–Crippen MR) is 130 cm³/mol. The standard InChI is InChI=1S/C26H36N4O5/c1-3-28-12-14-29(15-13-28)19-8-6-18(7-9-19)24(32)27-26(10-4-5-11-26)25(33)30-16-21(34-2)23-22(30)20(31)17-35-23/h6-9,21-23H,3-5,10-17H2,1-2H3,(H,27,32)/t21-,22+,23+/m0/s1. The van der Waals surface area contributed by atoms with Gasteiger partial charge < -0.3 is 29.5 Å². The van der Waals surface area contributed by atoms with Gasteiger partial charge in [0.05, 0.1) is 6.54 Å². The molecule has 1 aromatic rings. The lowest BCUT2D eigenvalue weighted by Gasteiger charge is -2.36. The van der Waals surface area contributed by atoms with Crippen LogP contribution in [0.25, 0.3) is 0 Å². The van der Waals surface area contributed by atoms with Crippen molar-refractivity contribution in [2.24, 2.45) is 0 Å². The highest BCUT2D eigenvalue weighted by Gasteiger charge is 2.56. The van der Waals surface area contributed by atoms with E-state index in [2.05, 4.69) is 22.0 Å². The van der Waals surface area contributed by atoms with E-state index in [4.69, 9.17) is 9.47 Å². The summed E-state index contributed by atoms with van der Waals surface area (Å²) in [5.41, 5.74) is 0.647. The van der Waals surface area contributed by atoms with Crippen molar-refractivity contribution >= 4 is 23.3 Å². The first-order valence-corrected chi connectivity index (χ1v) is 12.8. The number of likely N-dealkylation sites (tertiary alicyclic amines) is 1. The first-order valence-electron chi connectivity index (χ1n) is 12.8. The molecule has 190 valence electrons. The van der Waals surface area contributed by atoms with E-state index in [1.165, 1.54) is 0 Å². The lowest BCUT2D eigenvalue weighted by atomic mass is 9.93. The van der Waals surface area contributed by atoms with Crippen molar-refractivity contribution < 1.29 is 23.9 Å². The Balaban J connectivity index is 1.29. The summed E-state index contributed by atoms with van der Waals surface area (Å²) >= 11 is 0. The maximum absolute atomic E-state index is 13.8. The number of piperazine rings is 1. The monoisotopic (exact) mass is 484 g/mol. The molecule has 3 heterocycles. The summed E-state index contributed by atoms with van der Waals surface area (Å²) in [6.07, 6.45) is 2.08. The Labute approximate surface area is 206 Å². The largest absolute Gasteiger partial charge is 0.377 e. The molecule has 4 aliphatic rings. The van der Waals surface area contributed by atoms with Crippen molar-refractivity contribution in [3.05, 3.63) is 29.8 Å². The zero-order chi connectivity index (χ0) is 24.6. The summed E-state index contributed by atoms with van der Waals surface area (Å²) in [6.45, 7) is 7.58. The van der Waals surface area contributed by atoms with Crippen LogP contribution in [0.2, 0.25) is 0 Å². The van der Waals surface area contributed by atoms with Gasteiger partial charge in [0, 0.05) is 44.5 Å². The van der Waals surface area contributed by atoms with Crippen LogP contribution in [0.5, 0.6) is 0 Å². The first-order chi connectivity index (χ1) is 17.0. The molecule has 1 saturated carbocycles. The third-order valence-corrected chi connectivity index (χ3v) is 8.24. The molecule has 3 atom stereocenters. The van der Waals surface area contributed by atoms with Crippen molar-refractivity contribution in [3.63, 3.8) is 0 Å². The summed E-state index contributed by atoms with van der Waals surface area (Å²) < 4.78 is 11.1. The van der Waals surface area contributed by atoms with Gasteiger partial charge in [-0.15, -0.1) is 0 Å². The van der Waals surface area contributed by atoms with Gasteiger partial charge >= 0.3 is 0 Å².